The van der Waals surface area contributed by atoms with Gasteiger partial charge in [-0.3, -0.25) is 4.99 Å². The van der Waals surface area contributed by atoms with Crippen molar-refractivity contribution in [3.05, 3.63) is 62.7 Å². The number of amidine groups is 1. The monoisotopic (exact) mass is 372 g/mol. The number of hydrogen-bond acceptors (Lipinski definition) is 2. The van der Waals surface area contributed by atoms with E-state index in [-0.39, 0.29) is 0 Å². The topological polar surface area (TPSA) is 41.4 Å². The van der Waals surface area contributed by atoms with E-state index in [0.29, 0.717) is 17.5 Å². The minimum atomic E-state index is 0.370. The smallest absolute Gasteiger partial charge is 0.219 e. The lowest BCUT2D eigenvalue weighted by molar-refractivity contribution is -0.430. The minimum Gasteiger partial charge on any atom is -0.387 e. The van der Waals surface area contributed by atoms with Crippen molar-refractivity contribution in [1.29, 1.82) is 0 Å². The summed E-state index contributed by atoms with van der Waals surface area (Å²) in [6.07, 6.45) is 3.88. The Morgan fingerprint density at radius 3 is 2.80 bits per heavy atom. The zero-order valence-electron chi connectivity index (χ0n) is 14.8. The maximum atomic E-state index is 6.42. The number of benzene rings is 1. The summed E-state index contributed by atoms with van der Waals surface area (Å²) in [4.78, 5) is 5.36. The molecule has 1 heterocycles. The van der Waals surface area contributed by atoms with Crippen molar-refractivity contribution < 1.29 is 4.58 Å². The van der Waals surface area contributed by atoms with Crippen LogP contribution in [0.25, 0.3) is 5.57 Å². The first-order valence-electron chi connectivity index (χ1n) is 8.24. The molecular formula is C20H23ClN3S+. The van der Waals surface area contributed by atoms with Crippen molar-refractivity contribution in [1.82, 2.24) is 0 Å². The van der Waals surface area contributed by atoms with E-state index in [0.717, 1.165) is 17.0 Å². The largest absolute Gasteiger partial charge is 0.387 e. The van der Waals surface area contributed by atoms with Gasteiger partial charge in [-0.05, 0) is 36.1 Å². The van der Waals surface area contributed by atoms with Crippen LogP contribution in [0.5, 0.6) is 0 Å². The van der Waals surface area contributed by atoms with Gasteiger partial charge < -0.3 is 5.73 Å². The molecule has 1 atom stereocenters. The molecule has 3 rings (SSSR count). The van der Waals surface area contributed by atoms with Crippen molar-refractivity contribution >= 4 is 41.5 Å². The number of hydrogen-bond donors (Lipinski definition) is 1. The van der Waals surface area contributed by atoms with Gasteiger partial charge in [0.05, 0.1) is 10.7 Å². The number of nitrogens with two attached hydrogens (primary N) is 1. The van der Waals surface area contributed by atoms with Gasteiger partial charge in [0.15, 0.2) is 0 Å². The first-order valence-corrected chi connectivity index (χ1v) is 9.50. The van der Waals surface area contributed by atoms with Gasteiger partial charge in [0.25, 0.3) is 0 Å². The van der Waals surface area contributed by atoms with Crippen LogP contribution in [0.3, 0.4) is 0 Å². The van der Waals surface area contributed by atoms with E-state index in [4.69, 9.17) is 17.3 Å². The average Bonchev–Trinajstić information content (AvgIpc) is 2.93. The Kier molecular flexibility index (Phi) is 5.21. The van der Waals surface area contributed by atoms with Crippen LogP contribution >= 0.6 is 23.4 Å². The Bertz CT molecular complexity index is 861. The van der Waals surface area contributed by atoms with Crippen molar-refractivity contribution in [2.45, 2.75) is 25.0 Å². The van der Waals surface area contributed by atoms with E-state index in [1.54, 1.807) is 7.05 Å². The van der Waals surface area contributed by atoms with Gasteiger partial charge in [0.1, 0.15) is 13.8 Å². The molecule has 2 N–H and O–H groups in total. The summed E-state index contributed by atoms with van der Waals surface area (Å²) in [6.45, 7) is 6.30. The van der Waals surface area contributed by atoms with Crippen LogP contribution in [0.2, 0.25) is 5.02 Å². The fraction of sp³-hybridized carbons (Fsp3) is 0.300. The van der Waals surface area contributed by atoms with Gasteiger partial charge in [-0.2, -0.15) is 0 Å². The molecule has 0 radical (unpaired) electrons. The average molecular weight is 373 g/mol. The predicted molar refractivity (Wildman–Crippen MR) is 111 cm³/mol. The molecule has 0 spiro atoms. The molecular weight excluding hydrogens is 350 g/mol. The highest BCUT2D eigenvalue weighted by Crippen LogP contribution is 2.51. The normalized spacial score (nSPS) is 20.7. The zero-order chi connectivity index (χ0) is 18.1. The van der Waals surface area contributed by atoms with Gasteiger partial charge in [0, 0.05) is 29.3 Å². The molecule has 2 aliphatic rings. The van der Waals surface area contributed by atoms with Crippen LogP contribution in [-0.2, 0) is 0 Å². The number of likely N-dealkylation sites (N-methyl/N-ethyl adjacent to an activating group) is 1. The molecule has 25 heavy (non-hydrogen) atoms. The van der Waals surface area contributed by atoms with E-state index < -0.39 is 0 Å². The number of allylic oxidation sites excluding steroid dienone is 4. The molecule has 5 heteroatoms. The molecule has 1 aromatic rings. The predicted octanol–water partition coefficient (Wildman–Crippen LogP) is 4.49. The fourth-order valence-corrected chi connectivity index (χ4v) is 5.36. The summed E-state index contributed by atoms with van der Waals surface area (Å²) in [5.74, 6) is 0.651. The standard InChI is InChI=1S/C20H23ClN3S/c1-12-9-13(14-7-5-6-8-15(14)21)10-16-19(12)20(24(3)4)17(25-16)11-18(22)23-2/h5-9,16H,3,10-11H2,1-2,4H3,(H2,22,23)/q+1. The number of halogens is 1. The molecule has 0 bridgehead atoms. The number of aliphatic imine (C=N–C) groups is 1. The van der Waals surface area contributed by atoms with Gasteiger partial charge in [-0.25, -0.2) is 4.58 Å². The van der Waals surface area contributed by atoms with Crippen LogP contribution in [0, 0.1) is 0 Å². The lowest BCUT2D eigenvalue weighted by Gasteiger charge is -2.22. The quantitative estimate of drug-likeness (QED) is 0.480. The summed E-state index contributed by atoms with van der Waals surface area (Å²) in [6, 6.07) is 8.05. The highest BCUT2D eigenvalue weighted by atomic mass is 35.5. The molecule has 0 saturated heterocycles. The number of rotatable bonds is 4. The lowest BCUT2D eigenvalue weighted by atomic mass is 9.87. The SMILES string of the molecule is C=[N+](C)C1=C(CC(N)=NC)SC2CC(c3ccccc3Cl)=CC(C)=C12. The Hall–Kier alpha value is -1.78. The van der Waals surface area contributed by atoms with E-state index in [2.05, 4.69) is 30.8 Å². The van der Waals surface area contributed by atoms with Gasteiger partial charge in [0.2, 0.25) is 5.70 Å². The van der Waals surface area contributed by atoms with Gasteiger partial charge in [-0.1, -0.05) is 35.9 Å². The number of fused-ring (bicyclic) bond motifs is 1. The fourth-order valence-electron chi connectivity index (χ4n) is 3.47. The van der Waals surface area contributed by atoms with Crippen LogP contribution in [0.1, 0.15) is 25.3 Å². The Morgan fingerprint density at radius 2 is 2.16 bits per heavy atom. The Morgan fingerprint density at radius 1 is 1.44 bits per heavy atom. The van der Waals surface area contributed by atoms with E-state index in [1.165, 1.54) is 27.3 Å². The maximum absolute atomic E-state index is 6.42. The van der Waals surface area contributed by atoms with Crippen molar-refractivity contribution in [2.75, 3.05) is 14.1 Å². The van der Waals surface area contributed by atoms with Crippen LogP contribution in [0.4, 0.5) is 0 Å². The summed E-state index contributed by atoms with van der Waals surface area (Å²) >= 11 is 8.30. The Balaban J connectivity index is 2.05. The van der Waals surface area contributed by atoms with Gasteiger partial charge in [-0.15, -0.1) is 11.8 Å². The molecule has 0 fully saturated rings. The second-order valence-electron chi connectivity index (χ2n) is 6.42. The molecule has 1 aliphatic heterocycles. The lowest BCUT2D eigenvalue weighted by Crippen LogP contribution is -2.15. The molecule has 1 aliphatic carbocycles. The molecule has 0 saturated carbocycles. The highest BCUT2D eigenvalue weighted by molar-refractivity contribution is 8.04. The van der Waals surface area contributed by atoms with E-state index in [1.807, 2.05) is 41.6 Å². The highest BCUT2D eigenvalue weighted by Gasteiger charge is 2.39. The van der Waals surface area contributed by atoms with E-state index >= 15 is 0 Å². The number of nitrogens with zero attached hydrogens (tertiary/aromatic N) is 2. The van der Waals surface area contributed by atoms with Crippen LogP contribution in [0.15, 0.2) is 57.1 Å². The van der Waals surface area contributed by atoms with Gasteiger partial charge >= 0.3 is 0 Å². The van der Waals surface area contributed by atoms with E-state index in [9.17, 15) is 0 Å². The van der Waals surface area contributed by atoms with Crippen LogP contribution in [-0.4, -0.2) is 36.5 Å². The van der Waals surface area contributed by atoms with Crippen molar-refractivity contribution in [2.24, 2.45) is 10.7 Å². The second kappa shape index (κ2) is 7.22. The van der Waals surface area contributed by atoms with Crippen molar-refractivity contribution in [3.8, 4) is 0 Å². The summed E-state index contributed by atoms with van der Waals surface area (Å²) in [5, 5.41) is 1.17. The third kappa shape index (κ3) is 3.46. The second-order valence-corrected chi connectivity index (χ2v) is 8.12. The molecule has 0 amide bonds. The van der Waals surface area contributed by atoms with Crippen molar-refractivity contribution in [3.63, 3.8) is 0 Å². The molecule has 130 valence electrons. The first kappa shape index (κ1) is 18.0. The van der Waals surface area contributed by atoms with Crippen LogP contribution < -0.4 is 5.73 Å². The zero-order valence-corrected chi connectivity index (χ0v) is 16.4. The Labute approximate surface area is 158 Å². The first-order chi connectivity index (χ1) is 11.9. The minimum absolute atomic E-state index is 0.370. The third-order valence-corrected chi connectivity index (χ3v) is 6.22. The molecule has 3 nitrogen and oxygen atoms in total. The summed E-state index contributed by atoms with van der Waals surface area (Å²) in [7, 11) is 3.73. The molecule has 1 unspecified atom stereocenters. The number of thioether (sulfide) groups is 1. The maximum Gasteiger partial charge on any atom is 0.219 e. The molecule has 1 aromatic carbocycles. The third-order valence-electron chi connectivity index (χ3n) is 4.58. The summed E-state index contributed by atoms with van der Waals surface area (Å²) in [5.41, 5.74) is 12.2. The summed E-state index contributed by atoms with van der Waals surface area (Å²) < 4.78 is 1.96. The molecule has 0 aromatic heterocycles.